The Balaban J connectivity index is 2.77. The summed E-state index contributed by atoms with van der Waals surface area (Å²) in [5, 5.41) is 10.4. The molecule has 2 unspecified atom stereocenters. The molecule has 17 heavy (non-hydrogen) atoms. The molecule has 1 aromatic rings. The van der Waals surface area contributed by atoms with Gasteiger partial charge in [-0.05, 0) is 55.5 Å². The highest BCUT2D eigenvalue weighted by atomic mass is 79.9. The molecule has 0 aliphatic carbocycles. The van der Waals surface area contributed by atoms with E-state index in [0.29, 0.717) is 6.42 Å². The van der Waals surface area contributed by atoms with Crippen molar-refractivity contribution in [3.05, 3.63) is 28.5 Å². The Bertz CT molecular complexity index is 353. The van der Waals surface area contributed by atoms with Crippen LogP contribution in [0.4, 0.5) is 0 Å². The quantitative estimate of drug-likeness (QED) is 0.907. The van der Waals surface area contributed by atoms with Crippen LogP contribution in [0.3, 0.4) is 0 Å². The molecule has 0 bridgehead atoms. The smallest absolute Gasteiger partial charge is 0.0776 e. The van der Waals surface area contributed by atoms with Gasteiger partial charge in [-0.1, -0.05) is 6.92 Å². The van der Waals surface area contributed by atoms with Crippen molar-refractivity contribution < 1.29 is 5.11 Å². The van der Waals surface area contributed by atoms with Crippen LogP contribution in [-0.4, -0.2) is 40.7 Å². The average molecular weight is 301 g/mol. The number of halogens is 1. The van der Waals surface area contributed by atoms with E-state index in [-0.39, 0.29) is 5.54 Å². The van der Waals surface area contributed by atoms with Crippen molar-refractivity contribution >= 4 is 15.9 Å². The van der Waals surface area contributed by atoms with E-state index >= 15 is 0 Å². The number of rotatable bonds is 5. The van der Waals surface area contributed by atoms with Gasteiger partial charge in [-0.15, -0.1) is 0 Å². The molecule has 2 atom stereocenters. The lowest BCUT2D eigenvalue weighted by atomic mass is 9.87. The summed E-state index contributed by atoms with van der Waals surface area (Å²) in [6, 6.07) is 3.90. The van der Waals surface area contributed by atoms with E-state index in [1.807, 2.05) is 26.2 Å². The largest absolute Gasteiger partial charge is 0.391 e. The van der Waals surface area contributed by atoms with Gasteiger partial charge in [0, 0.05) is 28.3 Å². The van der Waals surface area contributed by atoms with Gasteiger partial charge in [0.25, 0.3) is 0 Å². The van der Waals surface area contributed by atoms with Crippen LogP contribution in [0.15, 0.2) is 22.8 Å². The SMILES string of the molecule is CCC(C)(C(O)Cc1ccc(Br)cn1)N(C)C. The van der Waals surface area contributed by atoms with Crippen molar-refractivity contribution in [2.75, 3.05) is 14.1 Å². The third-order valence-electron chi connectivity index (χ3n) is 3.65. The number of likely N-dealkylation sites (N-methyl/N-ethyl adjacent to an activating group) is 1. The first-order valence-electron chi connectivity index (χ1n) is 5.86. The minimum absolute atomic E-state index is 0.214. The van der Waals surface area contributed by atoms with Gasteiger partial charge in [-0.25, -0.2) is 0 Å². The highest BCUT2D eigenvalue weighted by molar-refractivity contribution is 9.10. The minimum atomic E-state index is -0.420. The second-order valence-corrected chi connectivity index (χ2v) is 5.71. The van der Waals surface area contributed by atoms with Gasteiger partial charge >= 0.3 is 0 Å². The van der Waals surface area contributed by atoms with Crippen LogP contribution in [0.25, 0.3) is 0 Å². The topological polar surface area (TPSA) is 36.4 Å². The fraction of sp³-hybridized carbons (Fsp3) is 0.615. The number of pyridine rings is 1. The predicted octanol–water partition coefficient (Wildman–Crippen LogP) is 2.48. The van der Waals surface area contributed by atoms with Crippen molar-refractivity contribution in [2.24, 2.45) is 0 Å². The van der Waals surface area contributed by atoms with Crippen LogP contribution < -0.4 is 0 Å². The van der Waals surface area contributed by atoms with Crippen LogP contribution in [0.5, 0.6) is 0 Å². The second-order valence-electron chi connectivity index (χ2n) is 4.79. The molecule has 0 radical (unpaired) electrons. The van der Waals surface area contributed by atoms with Crippen LogP contribution in [0, 0.1) is 0 Å². The summed E-state index contributed by atoms with van der Waals surface area (Å²) in [6.07, 6.45) is 2.82. The molecule has 0 saturated heterocycles. The lowest BCUT2D eigenvalue weighted by Crippen LogP contribution is -2.51. The highest BCUT2D eigenvalue weighted by Crippen LogP contribution is 2.23. The van der Waals surface area contributed by atoms with E-state index in [0.717, 1.165) is 16.6 Å². The van der Waals surface area contributed by atoms with Gasteiger partial charge in [-0.2, -0.15) is 0 Å². The van der Waals surface area contributed by atoms with Crippen LogP contribution in [0.2, 0.25) is 0 Å². The van der Waals surface area contributed by atoms with Gasteiger partial charge < -0.3 is 10.0 Å². The van der Waals surface area contributed by atoms with Crippen LogP contribution in [0.1, 0.15) is 26.0 Å². The third kappa shape index (κ3) is 3.50. The van der Waals surface area contributed by atoms with E-state index < -0.39 is 6.10 Å². The molecule has 0 fully saturated rings. The Labute approximate surface area is 112 Å². The maximum absolute atomic E-state index is 10.4. The van der Waals surface area contributed by atoms with Gasteiger partial charge in [0.2, 0.25) is 0 Å². The molecule has 1 rings (SSSR count). The van der Waals surface area contributed by atoms with Gasteiger partial charge in [-0.3, -0.25) is 4.98 Å². The molecule has 96 valence electrons. The molecular formula is C13H21BrN2O. The number of nitrogens with zero attached hydrogens (tertiary/aromatic N) is 2. The predicted molar refractivity (Wildman–Crippen MR) is 74.0 cm³/mol. The summed E-state index contributed by atoms with van der Waals surface area (Å²) in [7, 11) is 4.00. The standard InChI is InChI=1S/C13H21BrN2O/c1-5-13(2,16(3)4)12(17)8-11-7-6-10(14)9-15-11/h6-7,9,12,17H,5,8H2,1-4H3. The highest BCUT2D eigenvalue weighted by Gasteiger charge is 2.33. The zero-order chi connectivity index (χ0) is 13.1. The maximum atomic E-state index is 10.4. The average Bonchev–Trinajstić information content (AvgIpc) is 2.30. The molecule has 3 nitrogen and oxygen atoms in total. The molecule has 0 saturated carbocycles. The van der Waals surface area contributed by atoms with Crippen LogP contribution >= 0.6 is 15.9 Å². The number of hydrogen-bond donors (Lipinski definition) is 1. The molecule has 1 N–H and O–H groups in total. The van der Waals surface area contributed by atoms with Gasteiger partial charge in [0.05, 0.1) is 6.10 Å². The molecule has 0 amide bonds. The van der Waals surface area contributed by atoms with Crippen molar-refractivity contribution in [3.8, 4) is 0 Å². The number of aliphatic hydroxyl groups is 1. The fourth-order valence-electron chi connectivity index (χ4n) is 1.80. The number of aliphatic hydroxyl groups excluding tert-OH is 1. The van der Waals surface area contributed by atoms with Gasteiger partial charge in [0.1, 0.15) is 0 Å². The molecule has 1 heterocycles. The van der Waals surface area contributed by atoms with Gasteiger partial charge in [0.15, 0.2) is 0 Å². The first-order chi connectivity index (χ1) is 7.90. The lowest BCUT2D eigenvalue weighted by molar-refractivity contribution is 0.00247. The Hall–Kier alpha value is -0.450. The maximum Gasteiger partial charge on any atom is 0.0776 e. The normalized spacial score (nSPS) is 16.9. The molecule has 0 aliphatic rings. The summed E-state index contributed by atoms with van der Waals surface area (Å²) in [5.74, 6) is 0. The summed E-state index contributed by atoms with van der Waals surface area (Å²) >= 11 is 3.35. The number of hydrogen-bond acceptors (Lipinski definition) is 3. The zero-order valence-electron chi connectivity index (χ0n) is 10.9. The monoisotopic (exact) mass is 300 g/mol. The van der Waals surface area contributed by atoms with Crippen molar-refractivity contribution in [2.45, 2.75) is 38.3 Å². The Morgan fingerprint density at radius 1 is 1.47 bits per heavy atom. The van der Waals surface area contributed by atoms with E-state index in [9.17, 15) is 5.11 Å². The molecule has 0 aromatic carbocycles. The minimum Gasteiger partial charge on any atom is -0.391 e. The molecular weight excluding hydrogens is 280 g/mol. The Kier molecular flexibility index (Phi) is 5.10. The van der Waals surface area contributed by atoms with E-state index in [1.165, 1.54) is 0 Å². The van der Waals surface area contributed by atoms with E-state index in [2.05, 4.69) is 39.7 Å². The van der Waals surface area contributed by atoms with Crippen LogP contribution in [-0.2, 0) is 6.42 Å². The molecule has 1 aromatic heterocycles. The van der Waals surface area contributed by atoms with E-state index in [4.69, 9.17) is 0 Å². The summed E-state index contributed by atoms with van der Waals surface area (Å²) in [5.41, 5.74) is 0.705. The van der Waals surface area contributed by atoms with E-state index in [1.54, 1.807) is 6.20 Å². The van der Waals surface area contributed by atoms with Crippen molar-refractivity contribution in [1.29, 1.82) is 0 Å². The lowest BCUT2D eigenvalue weighted by Gasteiger charge is -2.39. The Morgan fingerprint density at radius 2 is 2.12 bits per heavy atom. The molecule has 0 spiro atoms. The zero-order valence-corrected chi connectivity index (χ0v) is 12.5. The first-order valence-corrected chi connectivity index (χ1v) is 6.65. The second kappa shape index (κ2) is 5.94. The summed E-state index contributed by atoms with van der Waals surface area (Å²) in [4.78, 5) is 6.38. The Morgan fingerprint density at radius 3 is 2.53 bits per heavy atom. The fourth-order valence-corrected chi connectivity index (χ4v) is 2.03. The summed E-state index contributed by atoms with van der Waals surface area (Å²) < 4.78 is 0.960. The third-order valence-corrected chi connectivity index (χ3v) is 4.12. The van der Waals surface area contributed by atoms with Crippen molar-refractivity contribution in [3.63, 3.8) is 0 Å². The van der Waals surface area contributed by atoms with Crippen molar-refractivity contribution in [1.82, 2.24) is 9.88 Å². The molecule has 4 heteroatoms. The number of aromatic nitrogens is 1. The first kappa shape index (κ1) is 14.6. The molecule has 0 aliphatic heterocycles. The summed E-state index contributed by atoms with van der Waals surface area (Å²) in [6.45, 7) is 4.18.